The molecule has 2 aromatic rings. The molecule has 1 saturated heterocycles. The summed E-state index contributed by atoms with van der Waals surface area (Å²) in [5.74, 6) is -0.728. The van der Waals surface area contributed by atoms with Crippen molar-refractivity contribution in [3.05, 3.63) is 59.2 Å². The third-order valence-electron chi connectivity index (χ3n) is 7.05. The molecular weight excluding hydrogens is 380 g/mol. The van der Waals surface area contributed by atoms with Gasteiger partial charge in [-0.2, -0.15) is 0 Å². The standard InChI is InChI=1S/C24H24N2O4/c1-12-4-3-5-18(13(12)2)26-22(27)14-6-8-16(9-7-14)25-23(28)20-15-10-17-19(11-15)30-24(29)21(17)20/h3-9,15,17,19-21H,10-11H2,1-2H3,(H,25,28)(H,26,27)/t15-,17-,19-,20-,21+/m1/s1. The third kappa shape index (κ3) is 2.98. The van der Waals surface area contributed by atoms with Gasteiger partial charge in [-0.05, 0) is 74.1 Å². The van der Waals surface area contributed by atoms with Crippen LogP contribution in [0.1, 0.15) is 34.3 Å². The van der Waals surface area contributed by atoms with E-state index in [4.69, 9.17) is 4.74 Å². The lowest BCUT2D eigenvalue weighted by Gasteiger charge is -2.23. The molecule has 2 aliphatic carbocycles. The van der Waals surface area contributed by atoms with E-state index in [0.29, 0.717) is 11.3 Å². The van der Waals surface area contributed by atoms with Crippen molar-refractivity contribution < 1.29 is 19.1 Å². The van der Waals surface area contributed by atoms with E-state index < -0.39 is 0 Å². The van der Waals surface area contributed by atoms with E-state index in [0.717, 1.165) is 29.7 Å². The van der Waals surface area contributed by atoms with Gasteiger partial charge in [0.05, 0.1) is 11.8 Å². The van der Waals surface area contributed by atoms with Gasteiger partial charge in [-0.1, -0.05) is 12.1 Å². The Kier molecular flexibility index (Phi) is 4.38. The molecule has 6 heteroatoms. The van der Waals surface area contributed by atoms with Crippen LogP contribution in [0.25, 0.3) is 0 Å². The Labute approximate surface area is 175 Å². The largest absolute Gasteiger partial charge is 0.462 e. The summed E-state index contributed by atoms with van der Waals surface area (Å²) < 4.78 is 5.41. The van der Waals surface area contributed by atoms with Gasteiger partial charge in [0.25, 0.3) is 5.91 Å². The SMILES string of the molecule is Cc1cccc(NC(=O)c2ccc(NC(=O)[C@@H]3[C@@H]4C[C@H]5[C@@H]3C(=O)O[C@@H]5C4)cc2)c1C. The van der Waals surface area contributed by atoms with Crippen molar-refractivity contribution in [2.45, 2.75) is 32.8 Å². The molecule has 0 radical (unpaired) electrons. The lowest BCUT2D eigenvalue weighted by Crippen LogP contribution is -2.35. The van der Waals surface area contributed by atoms with Gasteiger partial charge in [0.2, 0.25) is 5.91 Å². The van der Waals surface area contributed by atoms with Crippen LogP contribution in [0.15, 0.2) is 42.5 Å². The summed E-state index contributed by atoms with van der Waals surface area (Å²) in [7, 11) is 0. The van der Waals surface area contributed by atoms with Crippen LogP contribution in [-0.2, 0) is 14.3 Å². The second kappa shape index (κ2) is 6.97. The topological polar surface area (TPSA) is 84.5 Å². The van der Waals surface area contributed by atoms with Crippen LogP contribution in [0.4, 0.5) is 11.4 Å². The maximum absolute atomic E-state index is 12.9. The highest BCUT2D eigenvalue weighted by molar-refractivity contribution is 6.05. The van der Waals surface area contributed by atoms with E-state index >= 15 is 0 Å². The number of hydrogen-bond acceptors (Lipinski definition) is 4. The molecule has 2 saturated carbocycles. The first-order valence-electron chi connectivity index (χ1n) is 10.4. The summed E-state index contributed by atoms with van der Waals surface area (Å²) in [6.07, 6.45) is 1.71. The minimum atomic E-state index is -0.312. The second-order valence-corrected chi connectivity index (χ2v) is 8.69. The van der Waals surface area contributed by atoms with Crippen molar-refractivity contribution in [2.75, 3.05) is 10.6 Å². The highest BCUT2D eigenvalue weighted by Crippen LogP contribution is 2.57. The molecule has 0 spiro atoms. The number of anilines is 2. The molecule has 2 N–H and O–H groups in total. The second-order valence-electron chi connectivity index (χ2n) is 8.69. The number of nitrogens with one attached hydrogen (secondary N) is 2. The summed E-state index contributed by atoms with van der Waals surface area (Å²) in [5, 5.41) is 5.86. The number of hydrogen-bond donors (Lipinski definition) is 2. The summed E-state index contributed by atoms with van der Waals surface area (Å²) in [4.78, 5) is 37.6. The molecule has 154 valence electrons. The molecule has 30 heavy (non-hydrogen) atoms. The van der Waals surface area contributed by atoms with Gasteiger partial charge >= 0.3 is 5.97 Å². The van der Waals surface area contributed by atoms with E-state index in [-0.39, 0.29) is 47.6 Å². The molecule has 5 atom stereocenters. The summed E-state index contributed by atoms with van der Waals surface area (Å²) in [5.41, 5.74) is 4.07. The van der Waals surface area contributed by atoms with Gasteiger partial charge in [0.1, 0.15) is 6.10 Å². The number of carbonyl (C=O) groups excluding carboxylic acids is 3. The van der Waals surface area contributed by atoms with Crippen molar-refractivity contribution in [2.24, 2.45) is 23.7 Å². The van der Waals surface area contributed by atoms with Gasteiger partial charge in [0, 0.05) is 22.9 Å². The number of aryl methyl sites for hydroxylation is 1. The number of benzene rings is 2. The lowest BCUT2D eigenvalue weighted by molar-refractivity contribution is -0.145. The predicted octanol–water partition coefficient (Wildman–Crippen LogP) is 3.69. The van der Waals surface area contributed by atoms with Crippen LogP contribution in [0.2, 0.25) is 0 Å². The van der Waals surface area contributed by atoms with Crippen LogP contribution in [0, 0.1) is 37.5 Å². The predicted molar refractivity (Wildman–Crippen MR) is 112 cm³/mol. The number of ether oxygens (including phenoxy) is 1. The zero-order valence-corrected chi connectivity index (χ0v) is 17.0. The highest BCUT2D eigenvalue weighted by atomic mass is 16.6. The van der Waals surface area contributed by atoms with Crippen LogP contribution in [0.5, 0.6) is 0 Å². The highest BCUT2D eigenvalue weighted by Gasteiger charge is 2.63. The van der Waals surface area contributed by atoms with E-state index in [1.165, 1.54) is 0 Å². The molecule has 3 fully saturated rings. The fraction of sp³-hybridized carbons (Fsp3) is 0.375. The first-order chi connectivity index (χ1) is 14.4. The quantitative estimate of drug-likeness (QED) is 0.761. The number of amides is 2. The first kappa shape index (κ1) is 18.9. The van der Waals surface area contributed by atoms with E-state index in [1.807, 2.05) is 32.0 Å². The van der Waals surface area contributed by atoms with Crippen molar-refractivity contribution in [3.8, 4) is 0 Å². The molecule has 2 bridgehead atoms. The van der Waals surface area contributed by atoms with Crippen LogP contribution < -0.4 is 10.6 Å². The third-order valence-corrected chi connectivity index (χ3v) is 7.05. The van der Waals surface area contributed by atoms with Crippen molar-refractivity contribution in [1.82, 2.24) is 0 Å². The number of fused-ring (bicyclic) bond motifs is 1. The van der Waals surface area contributed by atoms with Crippen molar-refractivity contribution in [1.29, 1.82) is 0 Å². The minimum Gasteiger partial charge on any atom is -0.462 e. The van der Waals surface area contributed by atoms with Gasteiger partial charge in [-0.3, -0.25) is 14.4 Å². The zero-order chi connectivity index (χ0) is 21.0. The van der Waals surface area contributed by atoms with E-state index in [2.05, 4.69) is 10.6 Å². The molecule has 6 nitrogen and oxygen atoms in total. The molecule has 5 rings (SSSR count). The Morgan fingerprint density at radius 1 is 1.00 bits per heavy atom. The summed E-state index contributed by atoms with van der Waals surface area (Å²) >= 11 is 0. The molecule has 0 aromatic heterocycles. The normalized spacial score (nSPS) is 28.3. The maximum atomic E-state index is 12.9. The van der Waals surface area contributed by atoms with Gasteiger partial charge in [0.15, 0.2) is 0 Å². The van der Waals surface area contributed by atoms with Crippen molar-refractivity contribution in [3.63, 3.8) is 0 Å². The zero-order valence-electron chi connectivity index (χ0n) is 17.0. The lowest BCUT2D eigenvalue weighted by atomic mass is 9.79. The van der Waals surface area contributed by atoms with Crippen LogP contribution >= 0.6 is 0 Å². The fourth-order valence-electron chi connectivity index (χ4n) is 5.37. The Morgan fingerprint density at radius 2 is 1.77 bits per heavy atom. The Bertz CT molecular complexity index is 1040. The van der Waals surface area contributed by atoms with Gasteiger partial charge in [-0.15, -0.1) is 0 Å². The summed E-state index contributed by atoms with van der Waals surface area (Å²) in [6.45, 7) is 3.98. The average Bonchev–Trinajstić information content (AvgIpc) is 3.34. The Balaban J connectivity index is 1.25. The van der Waals surface area contributed by atoms with E-state index in [1.54, 1.807) is 24.3 Å². The molecule has 0 unspecified atom stereocenters. The Hall–Kier alpha value is -3.15. The first-order valence-corrected chi connectivity index (χ1v) is 10.4. The average molecular weight is 404 g/mol. The van der Waals surface area contributed by atoms with Crippen molar-refractivity contribution >= 4 is 29.2 Å². The van der Waals surface area contributed by atoms with Crippen LogP contribution in [-0.4, -0.2) is 23.9 Å². The van der Waals surface area contributed by atoms with Gasteiger partial charge in [-0.25, -0.2) is 0 Å². The molecule has 2 aromatic carbocycles. The molecule has 3 aliphatic rings. The summed E-state index contributed by atoms with van der Waals surface area (Å²) in [6, 6.07) is 12.6. The molecule has 1 aliphatic heterocycles. The molecular formula is C24H24N2O4. The van der Waals surface area contributed by atoms with E-state index in [9.17, 15) is 14.4 Å². The maximum Gasteiger partial charge on any atom is 0.310 e. The number of esters is 1. The molecule has 2 amide bonds. The number of rotatable bonds is 4. The Morgan fingerprint density at radius 3 is 2.53 bits per heavy atom. The van der Waals surface area contributed by atoms with Crippen LogP contribution in [0.3, 0.4) is 0 Å². The molecule has 1 heterocycles. The number of carbonyl (C=O) groups is 3. The minimum absolute atomic E-state index is 0.0198. The van der Waals surface area contributed by atoms with Gasteiger partial charge < -0.3 is 15.4 Å². The monoisotopic (exact) mass is 404 g/mol. The smallest absolute Gasteiger partial charge is 0.310 e. The fourth-order valence-corrected chi connectivity index (χ4v) is 5.37.